The van der Waals surface area contributed by atoms with Crippen molar-refractivity contribution in [3.63, 3.8) is 0 Å². The van der Waals surface area contributed by atoms with Gasteiger partial charge in [0.15, 0.2) is 0 Å². The Morgan fingerprint density at radius 2 is 1.04 bits per heavy atom. The monoisotopic (exact) mass is 643 g/mol. The van der Waals surface area contributed by atoms with E-state index in [1.54, 1.807) is 0 Å². The maximum Gasteiger partial charge on any atom is 0.0651 e. The molecule has 0 radical (unpaired) electrons. The molecule has 1 aliphatic rings. The van der Waals surface area contributed by atoms with Gasteiger partial charge >= 0.3 is 0 Å². The molecular formula is C49H37N. The minimum Gasteiger partial charge on any atom is -0.310 e. The van der Waals surface area contributed by atoms with Gasteiger partial charge in [-0.1, -0.05) is 153 Å². The molecule has 0 atom stereocenters. The van der Waals surface area contributed by atoms with Gasteiger partial charge < -0.3 is 4.90 Å². The van der Waals surface area contributed by atoms with Crippen molar-refractivity contribution in [2.24, 2.45) is 0 Å². The number of anilines is 3. The average molecular weight is 644 g/mol. The summed E-state index contributed by atoms with van der Waals surface area (Å²) >= 11 is 0. The molecule has 9 rings (SSSR count). The smallest absolute Gasteiger partial charge is 0.0651 e. The van der Waals surface area contributed by atoms with Crippen molar-refractivity contribution in [1.29, 1.82) is 0 Å². The van der Waals surface area contributed by atoms with Crippen molar-refractivity contribution >= 4 is 27.8 Å². The standard InChI is InChI=1S/C49H37N/c1-49(2)47-21-9-8-20-45(47)46-29-28-44(33-48(46)49)50(43-19-11-18-40(32-43)41-23-22-35-14-6-7-15-37(35)31-41)42-26-24-36(25-27-42)39-17-10-16-38(30-39)34-12-4-3-5-13-34/h3-33H,1-2H3/i11D,18D,19D,32D. The highest BCUT2D eigenvalue weighted by molar-refractivity contribution is 5.90. The van der Waals surface area contributed by atoms with Crippen LogP contribution >= 0.6 is 0 Å². The van der Waals surface area contributed by atoms with Gasteiger partial charge in [0.05, 0.1) is 5.48 Å². The van der Waals surface area contributed by atoms with Crippen molar-refractivity contribution < 1.29 is 5.48 Å². The third kappa shape index (κ3) is 5.19. The van der Waals surface area contributed by atoms with Crippen LogP contribution in [0.15, 0.2) is 188 Å². The first kappa shape index (κ1) is 25.8. The Balaban J connectivity index is 1.23. The molecule has 1 aliphatic carbocycles. The van der Waals surface area contributed by atoms with E-state index in [4.69, 9.17) is 2.74 Å². The van der Waals surface area contributed by atoms with Gasteiger partial charge in [-0.3, -0.25) is 0 Å². The summed E-state index contributed by atoms with van der Waals surface area (Å²) < 4.78 is 37.2. The molecule has 0 aromatic heterocycles. The fourth-order valence-electron chi connectivity index (χ4n) is 7.49. The van der Waals surface area contributed by atoms with E-state index in [1.807, 2.05) is 77.7 Å². The number of hydrogen-bond acceptors (Lipinski definition) is 1. The molecule has 8 aromatic carbocycles. The maximum absolute atomic E-state index is 9.75. The van der Waals surface area contributed by atoms with Crippen LogP contribution in [0.1, 0.15) is 30.5 Å². The molecule has 1 nitrogen and oxygen atoms in total. The molecule has 0 aliphatic heterocycles. The van der Waals surface area contributed by atoms with Crippen molar-refractivity contribution in [1.82, 2.24) is 0 Å². The second kappa shape index (κ2) is 12.1. The number of benzene rings is 8. The van der Waals surface area contributed by atoms with E-state index >= 15 is 0 Å². The normalized spacial score (nSPS) is 13.9. The lowest BCUT2D eigenvalue weighted by Crippen LogP contribution is -2.16. The van der Waals surface area contributed by atoms with Crippen molar-refractivity contribution in [3.05, 3.63) is 199 Å². The minimum atomic E-state index is -0.267. The molecule has 0 spiro atoms. The van der Waals surface area contributed by atoms with Gasteiger partial charge in [0.2, 0.25) is 0 Å². The third-order valence-corrected chi connectivity index (χ3v) is 10.1. The molecular weight excluding hydrogens is 603 g/mol. The summed E-state index contributed by atoms with van der Waals surface area (Å²) in [5, 5.41) is 2.04. The Morgan fingerprint density at radius 3 is 1.86 bits per heavy atom. The molecule has 0 amide bonds. The van der Waals surface area contributed by atoms with E-state index in [0.29, 0.717) is 11.1 Å². The maximum atomic E-state index is 9.75. The van der Waals surface area contributed by atoms with Crippen molar-refractivity contribution in [3.8, 4) is 44.5 Å². The van der Waals surface area contributed by atoms with E-state index in [1.165, 1.54) is 16.7 Å². The van der Waals surface area contributed by atoms with Crippen LogP contribution in [0.25, 0.3) is 55.3 Å². The largest absolute Gasteiger partial charge is 0.310 e. The predicted octanol–water partition coefficient (Wildman–Crippen LogP) is 13.6. The fourth-order valence-corrected chi connectivity index (χ4v) is 7.49. The van der Waals surface area contributed by atoms with Crippen molar-refractivity contribution in [2.45, 2.75) is 19.3 Å². The number of fused-ring (bicyclic) bond motifs is 4. The number of rotatable bonds is 6. The molecule has 50 heavy (non-hydrogen) atoms. The van der Waals surface area contributed by atoms with Gasteiger partial charge in [0.1, 0.15) is 0 Å². The van der Waals surface area contributed by atoms with Crippen molar-refractivity contribution in [2.75, 3.05) is 4.90 Å². The molecule has 0 bridgehead atoms. The van der Waals surface area contributed by atoms with Crippen LogP contribution in [-0.2, 0) is 5.41 Å². The van der Waals surface area contributed by atoms with Crippen LogP contribution in [0.3, 0.4) is 0 Å². The van der Waals surface area contributed by atoms with Gasteiger partial charge in [0.25, 0.3) is 0 Å². The highest BCUT2D eigenvalue weighted by Gasteiger charge is 2.35. The summed E-state index contributed by atoms with van der Waals surface area (Å²) in [6.45, 7) is 4.48. The summed E-state index contributed by atoms with van der Waals surface area (Å²) in [5.74, 6) is 0. The molecule has 0 fully saturated rings. The number of hydrogen-bond donors (Lipinski definition) is 0. The predicted molar refractivity (Wildman–Crippen MR) is 213 cm³/mol. The SMILES string of the molecule is [2H]c1c([2H])c(-c2ccc3ccccc3c2)c([2H])c(N(c2ccc(-c3cccc(-c4ccccc4)c3)cc2)c2ccc3c(c2)C(C)(C)c2ccccc2-3)c1[2H]. The lowest BCUT2D eigenvalue weighted by Gasteiger charge is -2.28. The van der Waals surface area contributed by atoms with Crippen LogP contribution < -0.4 is 4.90 Å². The van der Waals surface area contributed by atoms with Gasteiger partial charge in [-0.2, -0.15) is 0 Å². The van der Waals surface area contributed by atoms with Crippen LogP contribution in [0, 0.1) is 0 Å². The summed E-state index contributed by atoms with van der Waals surface area (Å²) in [4.78, 5) is 1.94. The summed E-state index contributed by atoms with van der Waals surface area (Å²) in [6.07, 6.45) is 0. The first-order valence-corrected chi connectivity index (χ1v) is 17.1. The van der Waals surface area contributed by atoms with E-state index in [-0.39, 0.29) is 35.3 Å². The summed E-state index contributed by atoms with van der Waals surface area (Å²) in [5.41, 5.74) is 11.8. The Hall–Kier alpha value is -6.18. The minimum absolute atomic E-state index is 0.0407. The Morgan fingerprint density at radius 1 is 0.420 bits per heavy atom. The molecule has 0 heterocycles. The number of nitrogens with zero attached hydrogens (tertiary/aromatic N) is 1. The molecule has 0 unspecified atom stereocenters. The first-order chi connectivity index (χ1) is 26.2. The lowest BCUT2D eigenvalue weighted by atomic mass is 9.82. The first-order valence-electron chi connectivity index (χ1n) is 19.1. The molecule has 0 saturated heterocycles. The summed E-state index contributed by atoms with van der Waals surface area (Å²) in [7, 11) is 0. The molecule has 1 heteroatoms. The fraction of sp³-hybridized carbons (Fsp3) is 0.0612. The lowest BCUT2D eigenvalue weighted by molar-refractivity contribution is 0.660. The van der Waals surface area contributed by atoms with E-state index in [0.717, 1.165) is 50.0 Å². The molecule has 238 valence electrons. The Kier molecular flexibility index (Phi) is 6.22. The quantitative estimate of drug-likeness (QED) is 0.174. The molecule has 0 N–H and O–H groups in total. The second-order valence-electron chi connectivity index (χ2n) is 13.5. The van der Waals surface area contributed by atoms with Crippen LogP contribution in [0.2, 0.25) is 0 Å². The van der Waals surface area contributed by atoms with Gasteiger partial charge in [-0.15, -0.1) is 0 Å². The zero-order chi connectivity index (χ0) is 37.1. The topological polar surface area (TPSA) is 3.24 Å². The van der Waals surface area contributed by atoms with Crippen LogP contribution in [0.4, 0.5) is 17.1 Å². The molecule has 0 saturated carbocycles. The Labute approximate surface area is 300 Å². The Bertz CT molecular complexity index is 2730. The second-order valence-corrected chi connectivity index (χ2v) is 13.5. The van der Waals surface area contributed by atoms with E-state index in [2.05, 4.69) is 105 Å². The third-order valence-electron chi connectivity index (χ3n) is 10.1. The zero-order valence-electron chi connectivity index (χ0n) is 32.0. The van der Waals surface area contributed by atoms with Gasteiger partial charge in [0, 0.05) is 22.5 Å². The van der Waals surface area contributed by atoms with Crippen LogP contribution in [-0.4, -0.2) is 0 Å². The van der Waals surface area contributed by atoms with Gasteiger partial charge in [-0.25, -0.2) is 0 Å². The average Bonchev–Trinajstić information content (AvgIpc) is 3.44. The van der Waals surface area contributed by atoms with E-state index < -0.39 is 0 Å². The zero-order valence-corrected chi connectivity index (χ0v) is 28.0. The molecule has 8 aromatic rings. The summed E-state index contributed by atoms with van der Waals surface area (Å²) in [6, 6.07) is 55.4. The van der Waals surface area contributed by atoms with Crippen LogP contribution in [0.5, 0.6) is 0 Å². The van der Waals surface area contributed by atoms with Gasteiger partial charge in [-0.05, 0) is 115 Å². The highest BCUT2D eigenvalue weighted by Crippen LogP contribution is 2.50. The van der Waals surface area contributed by atoms with E-state index in [9.17, 15) is 2.74 Å². The highest BCUT2D eigenvalue weighted by atomic mass is 15.1.